The van der Waals surface area contributed by atoms with Crippen molar-refractivity contribution in [1.82, 2.24) is 0 Å². The number of hydrogen-bond acceptors (Lipinski definition) is 2. The highest BCUT2D eigenvalue weighted by Crippen LogP contribution is 2.37. The lowest BCUT2D eigenvalue weighted by Gasteiger charge is -2.10. The quantitative estimate of drug-likeness (QED) is 0.579. The molecule has 0 bridgehead atoms. The van der Waals surface area contributed by atoms with E-state index >= 15 is 0 Å². The van der Waals surface area contributed by atoms with Crippen molar-refractivity contribution < 1.29 is 28.4 Å². The van der Waals surface area contributed by atoms with Gasteiger partial charge in [-0.3, -0.25) is 4.52 Å². The molecule has 0 aliphatic heterocycles. The van der Waals surface area contributed by atoms with Crippen LogP contribution in [-0.2, 0) is 14.2 Å². The Morgan fingerprint density at radius 2 is 2.10 bits per heavy atom. The molecule has 61 valence electrons. The molecule has 1 atom stereocenters. The number of alkyl halides is 1. The Morgan fingerprint density at radius 3 is 2.20 bits per heavy atom. The molecule has 0 unspecified atom stereocenters. The summed E-state index contributed by atoms with van der Waals surface area (Å²) in [6.45, 7) is -2.18. The van der Waals surface area contributed by atoms with Gasteiger partial charge in [0, 0.05) is 0 Å². The van der Waals surface area contributed by atoms with E-state index in [1.165, 1.54) is 0 Å². The molecule has 0 rings (SSSR count). The maximum absolute atomic E-state index is 11.5. The molecular formula is C3H7FO5P. The average Bonchev–Trinajstić information content (AvgIpc) is 1.81. The minimum absolute atomic E-state index is 0.998. The summed E-state index contributed by atoms with van der Waals surface area (Å²) in [5.74, 6) is 0. The molecule has 0 saturated carbocycles. The molecule has 0 aromatic heterocycles. The van der Waals surface area contributed by atoms with E-state index < -0.39 is 27.2 Å². The van der Waals surface area contributed by atoms with E-state index in [2.05, 4.69) is 4.52 Å². The summed E-state index contributed by atoms with van der Waals surface area (Å²) in [6.07, 6.45) is -1.54. The number of phosphoric ester groups is 1. The summed E-state index contributed by atoms with van der Waals surface area (Å²) in [7, 11) is -4.69. The minimum atomic E-state index is -4.69. The van der Waals surface area contributed by atoms with Crippen LogP contribution in [0.5, 0.6) is 0 Å². The van der Waals surface area contributed by atoms with Gasteiger partial charge >= 0.3 is 7.82 Å². The lowest BCUT2D eigenvalue weighted by Crippen LogP contribution is -2.17. The second-order valence-corrected chi connectivity index (χ2v) is 2.73. The number of rotatable bonds is 4. The van der Waals surface area contributed by atoms with Crippen LogP contribution in [0, 0.1) is 0 Å². The van der Waals surface area contributed by atoms with Gasteiger partial charge in [-0.2, -0.15) is 0 Å². The normalized spacial score (nSPS) is 15.2. The zero-order valence-corrected chi connectivity index (χ0v) is 5.83. The third kappa shape index (κ3) is 4.84. The molecule has 2 N–H and O–H groups in total. The molecule has 10 heavy (non-hydrogen) atoms. The molecule has 0 aromatic carbocycles. The molecule has 0 aliphatic carbocycles. The van der Waals surface area contributed by atoms with E-state index in [0.717, 1.165) is 0 Å². The predicted molar refractivity (Wildman–Crippen MR) is 28.4 cm³/mol. The molecule has 0 aliphatic rings. The van der Waals surface area contributed by atoms with Crippen molar-refractivity contribution in [2.45, 2.75) is 6.10 Å². The predicted octanol–water partition coefficient (Wildman–Crippen LogP) is -0.136. The van der Waals surface area contributed by atoms with Gasteiger partial charge in [0.2, 0.25) is 0 Å². The largest absolute Gasteiger partial charge is 0.470 e. The van der Waals surface area contributed by atoms with Gasteiger partial charge in [-0.05, 0) is 0 Å². The van der Waals surface area contributed by atoms with E-state index in [1.54, 1.807) is 0 Å². The van der Waals surface area contributed by atoms with Crippen LogP contribution in [0.25, 0.3) is 0 Å². The Labute approximate surface area is 56.7 Å². The summed E-state index contributed by atoms with van der Waals surface area (Å²) in [4.78, 5) is 16.1. The first-order chi connectivity index (χ1) is 4.49. The van der Waals surface area contributed by atoms with Crippen LogP contribution >= 0.6 is 7.82 Å². The average molecular weight is 173 g/mol. The second kappa shape index (κ2) is 4.00. The standard InChI is InChI=1S/C3H7FO5P/c4-1-3(2-5)9-10(6,7)8/h3H,1-2H2,(H2,6,7,8)/t3-/m0/s1. The van der Waals surface area contributed by atoms with Crippen molar-refractivity contribution in [2.24, 2.45) is 0 Å². The zero-order chi connectivity index (χ0) is 8.20. The van der Waals surface area contributed by atoms with Gasteiger partial charge < -0.3 is 9.79 Å². The fourth-order valence-electron chi connectivity index (χ4n) is 0.297. The first kappa shape index (κ1) is 10.0. The number of halogens is 1. The van der Waals surface area contributed by atoms with Crippen molar-refractivity contribution in [3.8, 4) is 0 Å². The SMILES string of the molecule is [O]C[C@H](CF)OP(=O)(O)O. The van der Waals surface area contributed by atoms with Gasteiger partial charge in [0.05, 0.1) is 0 Å². The lowest BCUT2D eigenvalue weighted by molar-refractivity contribution is 0.0347. The topological polar surface area (TPSA) is 86.7 Å². The van der Waals surface area contributed by atoms with Crippen molar-refractivity contribution in [2.75, 3.05) is 13.3 Å². The minimum Gasteiger partial charge on any atom is -0.303 e. The number of hydrogen-bond donors (Lipinski definition) is 2. The van der Waals surface area contributed by atoms with Crippen molar-refractivity contribution in [3.63, 3.8) is 0 Å². The van der Waals surface area contributed by atoms with Gasteiger partial charge in [0.1, 0.15) is 19.4 Å². The summed E-state index contributed by atoms with van der Waals surface area (Å²) in [5, 5.41) is 9.83. The molecule has 0 spiro atoms. The molecule has 0 saturated heterocycles. The van der Waals surface area contributed by atoms with Crippen LogP contribution in [0.2, 0.25) is 0 Å². The maximum atomic E-state index is 11.5. The van der Waals surface area contributed by atoms with Crippen LogP contribution in [-0.4, -0.2) is 29.2 Å². The van der Waals surface area contributed by atoms with E-state index in [9.17, 15) is 14.1 Å². The van der Waals surface area contributed by atoms with E-state index in [4.69, 9.17) is 9.79 Å². The summed E-state index contributed by atoms with van der Waals surface area (Å²) in [5.41, 5.74) is 0. The summed E-state index contributed by atoms with van der Waals surface area (Å²) >= 11 is 0. The Kier molecular flexibility index (Phi) is 4.00. The molecule has 0 amide bonds. The highest BCUT2D eigenvalue weighted by molar-refractivity contribution is 7.46. The first-order valence-corrected chi connectivity index (χ1v) is 3.90. The highest BCUT2D eigenvalue weighted by atomic mass is 31.2. The monoisotopic (exact) mass is 173 g/mol. The Balaban J connectivity index is 3.75. The summed E-state index contributed by atoms with van der Waals surface area (Å²) in [6, 6.07) is 0. The fraction of sp³-hybridized carbons (Fsp3) is 1.00. The second-order valence-electron chi connectivity index (χ2n) is 1.54. The Morgan fingerprint density at radius 1 is 1.60 bits per heavy atom. The molecular weight excluding hydrogens is 166 g/mol. The smallest absolute Gasteiger partial charge is 0.303 e. The van der Waals surface area contributed by atoms with Crippen molar-refractivity contribution in [1.29, 1.82) is 0 Å². The third-order valence-corrected chi connectivity index (χ3v) is 1.22. The van der Waals surface area contributed by atoms with Gasteiger partial charge in [-0.25, -0.2) is 14.1 Å². The molecule has 5 nitrogen and oxygen atoms in total. The van der Waals surface area contributed by atoms with E-state index in [1.807, 2.05) is 0 Å². The molecule has 0 aromatic rings. The van der Waals surface area contributed by atoms with Crippen molar-refractivity contribution in [3.05, 3.63) is 0 Å². The molecule has 1 radical (unpaired) electrons. The fourth-order valence-corrected chi connectivity index (χ4v) is 0.803. The highest BCUT2D eigenvalue weighted by Gasteiger charge is 2.21. The molecule has 0 heterocycles. The van der Waals surface area contributed by atoms with Crippen LogP contribution in [0.15, 0.2) is 0 Å². The Hall–Kier alpha value is -0.0000000000000000416. The van der Waals surface area contributed by atoms with Gasteiger partial charge in [0.15, 0.2) is 0 Å². The van der Waals surface area contributed by atoms with E-state index in [0.29, 0.717) is 0 Å². The van der Waals surface area contributed by atoms with Crippen LogP contribution in [0.4, 0.5) is 4.39 Å². The van der Waals surface area contributed by atoms with Gasteiger partial charge in [0.25, 0.3) is 0 Å². The third-order valence-electron chi connectivity index (χ3n) is 0.644. The number of phosphoric acid groups is 1. The van der Waals surface area contributed by atoms with Crippen LogP contribution < -0.4 is 0 Å². The Bertz CT molecular complexity index is 129. The van der Waals surface area contributed by atoms with Crippen LogP contribution in [0.1, 0.15) is 0 Å². The maximum Gasteiger partial charge on any atom is 0.470 e. The molecule has 0 fully saturated rings. The van der Waals surface area contributed by atoms with E-state index in [-0.39, 0.29) is 0 Å². The zero-order valence-electron chi connectivity index (χ0n) is 4.94. The lowest BCUT2D eigenvalue weighted by atomic mass is 10.4. The van der Waals surface area contributed by atoms with Crippen molar-refractivity contribution >= 4 is 7.82 Å². The van der Waals surface area contributed by atoms with Gasteiger partial charge in [-0.15, -0.1) is 0 Å². The molecule has 7 heteroatoms. The summed E-state index contributed by atoms with van der Waals surface area (Å²) < 4.78 is 25.2. The van der Waals surface area contributed by atoms with Gasteiger partial charge in [-0.1, -0.05) is 0 Å². The van der Waals surface area contributed by atoms with Crippen LogP contribution in [0.3, 0.4) is 0 Å². The first-order valence-electron chi connectivity index (χ1n) is 2.37.